The van der Waals surface area contributed by atoms with Crippen molar-refractivity contribution in [2.24, 2.45) is 40.9 Å². The van der Waals surface area contributed by atoms with Crippen LogP contribution in [0.15, 0.2) is 0 Å². The maximum Gasteiger partial charge on any atom is 0.133 e. The highest BCUT2D eigenvalue weighted by Crippen LogP contribution is 2.64. The zero-order chi connectivity index (χ0) is 16.4. The standard InChI is InChI=1S/C21H34O2/c1-13(22)18-6-7-19-17-5-4-14-12-20(2,23)10-8-15(14)16(17)9-11-21(18,19)3/h14-19,23H,4-12H2,1-3H3/t14?,15-,16?,17?,18+,19?,20+,21+/m0/s1. The Morgan fingerprint density at radius 1 is 0.913 bits per heavy atom. The molecule has 0 heterocycles. The molecule has 8 atom stereocenters. The fourth-order valence-corrected chi connectivity index (χ4v) is 7.75. The van der Waals surface area contributed by atoms with Crippen LogP contribution in [-0.2, 0) is 4.79 Å². The van der Waals surface area contributed by atoms with Crippen LogP contribution >= 0.6 is 0 Å². The van der Waals surface area contributed by atoms with Gasteiger partial charge in [0.1, 0.15) is 5.78 Å². The Morgan fingerprint density at radius 3 is 2.39 bits per heavy atom. The fraction of sp³-hybridized carbons (Fsp3) is 0.952. The molecule has 4 unspecified atom stereocenters. The number of hydrogen-bond acceptors (Lipinski definition) is 2. The number of fused-ring (bicyclic) bond motifs is 5. The third-order valence-electron chi connectivity index (χ3n) is 8.73. The van der Waals surface area contributed by atoms with Crippen molar-refractivity contribution in [1.82, 2.24) is 0 Å². The lowest BCUT2D eigenvalue weighted by molar-refractivity contribution is -0.130. The van der Waals surface area contributed by atoms with Crippen molar-refractivity contribution >= 4 is 5.78 Å². The van der Waals surface area contributed by atoms with E-state index in [4.69, 9.17) is 0 Å². The Morgan fingerprint density at radius 2 is 1.65 bits per heavy atom. The first-order valence-electron chi connectivity index (χ1n) is 10.0. The van der Waals surface area contributed by atoms with Crippen LogP contribution in [0.2, 0.25) is 0 Å². The molecular weight excluding hydrogens is 284 g/mol. The number of aliphatic hydroxyl groups is 1. The van der Waals surface area contributed by atoms with Crippen LogP contribution in [0.5, 0.6) is 0 Å². The fourth-order valence-electron chi connectivity index (χ4n) is 7.75. The molecule has 0 saturated heterocycles. The minimum absolute atomic E-state index is 0.292. The van der Waals surface area contributed by atoms with Crippen LogP contribution in [0.4, 0.5) is 0 Å². The predicted molar refractivity (Wildman–Crippen MR) is 91.9 cm³/mol. The highest BCUT2D eigenvalue weighted by molar-refractivity contribution is 5.79. The van der Waals surface area contributed by atoms with Gasteiger partial charge in [0.15, 0.2) is 0 Å². The summed E-state index contributed by atoms with van der Waals surface area (Å²) in [5.74, 6) is 4.92. The number of ketones is 1. The van der Waals surface area contributed by atoms with E-state index in [2.05, 4.69) is 6.92 Å². The van der Waals surface area contributed by atoms with Gasteiger partial charge in [0, 0.05) is 5.92 Å². The Bertz CT molecular complexity index is 496. The minimum Gasteiger partial charge on any atom is -0.390 e. The van der Waals surface area contributed by atoms with E-state index in [0.29, 0.717) is 17.1 Å². The van der Waals surface area contributed by atoms with E-state index in [1.165, 1.54) is 38.5 Å². The van der Waals surface area contributed by atoms with Gasteiger partial charge in [-0.2, -0.15) is 0 Å². The lowest BCUT2D eigenvalue weighted by Gasteiger charge is -2.56. The maximum atomic E-state index is 12.1. The van der Waals surface area contributed by atoms with E-state index in [1.807, 2.05) is 13.8 Å². The van der Waals surface area contributed by atoms with Crippen LogP contribution in [0, 0.1) is 40.9 Å². The zero-order valence-corrected chi connectivity index (χ0v) is 15.2. The van der Waals surface area contributed by atoms with E-state index >= 15 is 0 Å². The number of hydrogen-bond donors (Lipinski definition) is 1. The SMILES string of the molecule is CC(=O)[C@H]1CCC2C3CCC4C[C@](C)(O)CC[C@@H]4C3CC[C@@]21C. The third kappa shape index (κ3) is 2.42. The Labute approximate surface area is 141 Å². The molecule has 4 aliphatic carbocycles. The number of Topliss-reactive ketones (excluding diaryl/α,β-unsaturated/α-hetero) is 1. The molecule has 0 spiro atoms. The topological polar surface area (TPSA) is 37.3 Å². The second kappa shape index (κ2) is 5.31. The van der Waals surface area contributed by atoms with Gasteiger partial charge in [0.05, 0.1) is 5.60 Å². The van der Waals surface area contributed by atoms with Crippen molar-refractivity contribution in [3.63, 3.8) is 0 Å². The highest BCUT2D eigenvalue weighted by Gasteiger charge is 2.58. The maximum absolute atomic E-state index is 12.1. The molecule has 1 N–H and O–H groups in total. The average molecular weight is 319 g/mol. The van der Waals surface area contributed by atoms with Crippen LogP contribution in [0.1, 0.15) is 78.6 Å². The summed E-state index contributed by atoms with van der Waals surface area (Å²) in [7, 11) is 0. The molecule has 4 aliphatic rings. The molecule has 0 aliphatic heterocycles. The van der Waals surface area contributed by atoms with E-state index in [-0.39, 0.29) is 0 Å². The van der Waals surface area contributed by atoms with Gasteiger partial charge >= 0.3 is 0 Å². The number of carbonyl (C=O) groups is 1. The second-order valence-electron chi connectivity index (χ2n) is 9.96. The summed E-state index contributed by atoms with van der Waals surface area (Å²) in [5, 5.41) is 10.5. The first kappa shape index (κ1) is 16.1. The third-order valence-corrected chi connectivity index (χ3v) is 8.73. The van der Waals surface area contributed by atoms with Crippen LogP contribution in [0.25, 0.3) is 0 Å². The smallest absolute Gasteiger partial charge is 0.133 e. The van der Waals surface area contributed by atoms with Gasteiger partial charge in [-0.05, 0) is 107 Å². The van der Waals surface area contributed by atoms with Gasteiger partial charge in [0.25, 0.3) is 0 Å². The largest absolute Gasteiger partial charge is 0.390 e. The second-order valence-corrected chi connectivity index (χ2v) is 9.96. The molecule has 0 aromatic carbocycles. The van der Waals surface area contributed by atoms with E-state index in [1.54, 1.807) is 0 Å². The summed E-state index contributed by atoms with van der Waals surface area (Å²) >= 11 is 0. The summed E-state index contributed by atoms with van der Waals surface area (Å²) in [6, 6.07) is 0. The van der Waals surface area contributed by atoms with Crippen molar-refractivity contribution in [2.75, 3.05) is 0 Å². The zero-order valence-electron chi connectivity index (χ0n) is 15.2. The van der Waals surface area contributed by atoms with Gasteiger partial charge in [0.2, 0.25) is 0 Å². The van der Waals surface area contributed by atoms with E-state index in [9.17, 15) is 9.90 Å². The van der Waals surface area contributed by atoms with Gasteiger partial charge in [-0.3, -0.25) is 4.79 Å². The molecule has 0 bridgehead atoms. The molecule has 0 aromatic rings. The first-order chi connectivity index (χ1) is 10.8. The first-order valence-corrected chi connectivity index (χ1v) is 10.0. The predicted octanol–water partition coefficient (Wildman–Crippen LogP) is 4.60. The van der Waals surface area contributed by atoms with Crippen molar-refractivity contribution in [3.05, 3.63) is 0 Å². The van der Waals surface area contributed by atoms with Gasteiger partial charge in [-0.25, -0.2) is 0 Å². The minimum atomic E-state index is -0.412. The summed E-state index contributed by atoms with van der Waals surface area (Å²) < 4.78 is 0. The summed E-state index contributed by atoms with van der Waals surface area (Å²) in [6.45, 7) is 6.30. The normalized spacial score (nSPS) is 55.7. The molecular formula is C21H34O2. The quantitative estimate of drug-likeness (QED) is 0.767. The van der Waals surface area contributed by atoms with E-state index in [0.717, 1.165) is 48.9 Å². The lowest BCUT2D eigenvalue weighted by atomic mass is 9.49. The monoisotopic (exact) mass is 318 g/mol. The molecule has 0 amide bonds. The molecule has 130 valence electrons. The van der Waals surface area contributed by atoms with Crippen molar-refractivity contribution in [2.45, 2.75) is 84.2 Å². The Hall–Kier alpha value is -0.370. The molecule has 0 aromatic heterocycles. The molecule has 4 fully saturated rings. The molecule has 23 heavy (non-hydrogen) atoms. The molecule has 2 heteroatoms. The average Bonchev–Trinajstić information content (AvgIpc) is 2.83. The highest BCUT2D eigenvalue weighted by atomic mass is 16.3. The number of rotatable bonds is 1. The Kier molecular flexibility index (Phi) is 3.72. The van der Waals surface area contributed by atoms with Crippen molar-refractivity contribution in [3.8, 4) is 0 Å². The summed E-state index contributed by atoms with van der Waals surface area (Å²) in [6.07, 6.45) is 11.0. The lowest BCUT2D eigenvalue weighted by Crippen LogP contribution is -2.50. The molecule has 0 radical (unpaired) electrons. The number of carbonyl (C=O) groups excluding carboxylic acids is 1. The van der Waals surface area contributed by atoms with Gasteiger partial charge < -0.3 is 5.11 Å². The summed E-state index contributed by atoms with van der Waals surface area (Å²) in [5.41, 5.74) is -0.121. The van der Waals surface area contributed by atoms with Crippen LogP contribution < -0.4 is 0 Å². The van der Waals surface area contributed by atoms with Gasteiger partial charge in [-0.1, -0.05) is 6.92 Å². The molecule has 2 nitrogen and oxygen atoms in total. The van der Waals surface area contributed by atoms with Crippen LogP contribution in [-0.4, -0.2) is 16.5 Å². The molecule has 4 rings (SSSR count). The summed E-state index contributed by atoms with van der Waals surface area (Å²) in [4.78, 5) is 12.1. The van der Waals surface area contributed by atoms with Crippen molar-refractivity contribution in [1.29, 1.82) is 0 Å². The Balaban J connectivity index is 1.56. The van der Waals surface area contributed by atoms with Crippen LogP contribution in [0.3, 0.4) is 0 Å². The van der Waals surface area contributed by atoms with E-state index < -0.39 is 5.60 Å². The van der Waals surface area contributed by atoms with Gasteiger partial charge in [-0.15, -0.1) is 0 Å². The van der Waals surface area contributed by atoms with Crippen molar-refractivity contribution < 1.29 is 9.90 Å². The molecule has 4 saturated carbocycles.